The van der Waals surface area contributed by atoms with Gasteiger partial charge in [-0.3, -0.25) is 4.98 Å². The van der Waals surface area contributed by atoms with E-state index in [1.165, 1.54) is 31.7 Å². The van der Waals surface area contributed by atoms with Crippen LogP contribution < -0.4 is 5.32 Å². The molecule has 122 valence electrons. The maximum absolute atomic E-state index is 14.1. The summed E-state index contributed by atoms with van der Waals surface area (Å²) in [5.41, 5.74) is 0.407. The van der Waals surface area contributed by atoms with Gasteiger partial charge in [0.1, 0.15) is 10.8 Å². The predicted molar refractivity (Wildman–Crippen MR) is 89.3 cm³/mol. The minimum Gasteiger partial charge on any atom is -0.359 e. The molecule has 0 unspecified atom stereocenters. The fourth-order valence-corrected chi connectivity index (χ4v) is 4.67. The lowest BCUT2D eigenvalue weighted by Gasteiger charge is -2.41. The fraction of sp³-hybridized carbons (Fsp3) is 0.588. The second-order valence-corrected chi connectivity index (χ2v) is 7.76. The zero-order valence-corrected chi connectivity index (χ0v) is 13.9. The molecule has 0 aliphatic heterocycles. The van der Waals surface area contributed by atoms with Crippen LogP contribution in [0.2, 0.25) is 0 Å². The average molecular weight is 332 g/mol. The average Bonchev–Trinajstić information content (AvgIpc) is 3.18. The van der Waals surface area contributed by atoms with E-state index in [2.05, 4.69) is 20.5 Å². The summed E-state index contributed by atoms with van der Waals surface area (Å²) in [6, 6.07) is 3.16. The summed E-state index contributed by atoms with van der Waals surface area (Å²) in [4.78, 5) is 4.31. The number of halogens is 1. The van der Waals surface area contributed by atoms with Gasteiger partial charge in [-0.1, -0.05) is 30.6 Å². The minimum absolute atomic E-state index is 0.190. The predicted octanol–water partition coefficient (Wildman–Crippen LogP) is 4.26. The molecular formula is C17H21FN4S. The van der Waals surface area contributed by atoms with E-state index in [-0.39, 0.29) is 11.2 Å². The summed E-state index contributed by atoms with van der Waals surface area (Å²) in [5, 5.41) is 14.0. The molecule has 0 bridgehead atoms. The summed E-state index contributed by atoms with van der Waals surface area (Å²) in [7, 11) is 0. The van der Waals surface area contributed by atoms with E-state index in [4.69, 9.17) is 0 Å². The van der Waals surface area contributed by atoms with Crippen molar-refractivity contribution in [3.63, 3.8) is 0 Å². The van der Waals surface area contributed by atoms with Crippen LogP contribution in [0.15, 0.2) is 18.3 Å². The van der Waals surface area contributed by atoms with Crippen LogP contribution in [0.4, 0.5) is 9.52 Å². The Morgan fingerprint density at radius 3 is 2.74 bits per heavy atom. The van der Waals surface area contributed by atoms with Crippen LogP contribution in [0, 0.1) is 5.82 Å². The first-order valence-electron chi connectivity index (χ1n) is 8.45. The first-order chi connectivity index (χ1) is 11.3. The lowest BCUT2D eigenvalue weighted by atomic mass is 9.66. The van der Waals surface area contributed by atoms with Crippen molar-refractivity contribution < 1.29 is 4.39 Å². The Bertz CT molecular complexity index is 677. The number of nitrogens with zero attached hydrogens (tertiary/aromatic N) is 3. The highest BCUT2D eigenvalue weighted by Crippen LogP contribution is 2.44. The molecule has 0 aromatic carbocycles. The number of pyridine rings is 1. The molecule has 0 atom stereocenters. The molecule has 4 nitrogen and oxygen atoms in total. The van der Waals surface area contributed by atoms with Crippen LogP contribution in [-0.2, 0) is 5.41 Å². The topological polar surface area (TPSA) is 50.7 Å². The molecule has 1 N–H and O–H groups in total. The van der Waals surface area contributed by atoms with Gasteiger partial charge >= 0.3 is 0 Å². The molecular weight excluding hydrogens is 311 g/mol. The lowest BCUT2D eigenvalue weighted by Crippen LogP contribution is -2.42. The second kappa shape index (κ2) is 6.15. The van der Waals surface area contributed by atoms with Crippen molar-refractivity contribution in [3.05, 3.63) is 34.8 Å². The lowest BCUT2D eigenvalue weighted by molar-refractivity contribution is 0.243. The Kier molecular flexibility index (Phi) is 4.01. The highest BCUT2D eigenvalue weighted by molar-refractivity contribution is 7.15. The molecule has 2 aliphatic carbocycles. The van der Waals surface area contributed by atoms with Crippen molar-refractivity contribution in [1.29, 1.82) is 0 Å². The largest absolute Gasteiger partial charge is 0.359 e. The van der Waals surface area contributed by atoms with Crippen molar-refractivity contribution in [2.75, 3.05) is 11.9 Å². The third-order valence-electron chi connectivity index (χ3n) is 5.29. The van der Waals surface area contributed by atoms with Crippen LogP contribution >= 0.6 is 11.3 Å². The highest BCUT2D eigenvalue weighted by atomic mass is 32.1. The van der Waals surface area contributed by atoms with Gasteiger partial charge in [0.05, 0.1) is 5.69 Å². The first kappa shape index (κ1) is 15.0. The molecule has 0 amide bonds. The Hall–Kier alpha value is -1.56. The maximum Gasteiger partial charge on any atom is 0.205 e. The fourth-order valence-electron chi connectivity index (χ4n) is 3.77. The van der Waals surface area contributed by atoms with Gasteiger partial charge in [0.2, 0.25) is 5.13 Å². The van der Waals surface area contributed by atoms with E-state index >= 15 is 0 Å². The molecule has 2 aromatic rings. The number of anilines is 1. The van der Waals surface area contributed by atoms with Crippen LogP contribution in [-0.4, -0.2) is 21.7 Å². The van der Waals surface area contributed by atoms with Crippen molar-refractivity contribution in [3.8, 4) is 0 Å². The van der Waals surface area contributed by atoms with E-state index in [9.17, 15) is 4.39 Å². The molecule has 2 aromatic heterocycles. The molecule has 23 heavy (non-hydrogen) atoms. The summed E-state index contributed by atoms with van der Waals surface area (Å²) in [5.74, 6) is 0.395. The van der Waals surface area contributed by atoms with Crippen molar-refractivity contribution >= 4 is 16.5 Å². The van der Waals surface area contributed by atoms with E-state index in [0.717, 1.165) is 29.4 Å². The third kappa shape index (κ3) is 2.84. The SMILES string of the molecule is Fc1cccnc1C1(CNc2nnc(C3CCCC3)s2)CCC1. The van der Waals surface area contributed by atoms with Crippen molar-refractivity contribution in [2.24, 2.45) is 0 Å². The monoisotopic (exact) mass is 332 g/mol. The van der Waals surface area contributed by atoms with Gasteiger partial charge < -0.3 is 5.32 Å². The molecule has 2 heterocycles. The zero-order chi connectivity index (χ0) is 15.7. The zero-order valence-electron chi connectivity index (χ0n) is 13.1. The maximum atomic E-state index is 14.1. The standard InChI is InChI=1S/C17H21FN4S/c18-13-7-3-10-19-14(13)17(8-4-9-17)11-20-16-22-21-15(23-16)12-5-1-2-6-12/h3,7,10,12H,1-2,4-6,8-9,11H2,(H,20,22). The molecule has 2 saturated carbocycles. The molecule has 0 spiro atoms. The summed E-state index contributed by atoms with van der Waals surface area (Å²) < 4.78 is 14.1. The first-order valence-corrected chi connectivity index (χ1v) is 9.27. The normalized spacial score (nSPS) is 20.4. The van der Waals surface area contributed by atoms with Gasteiger partial charge in [-0.05, 0) is 37.8 Å². The van der Waals surface area contributed by atoms with Gasteiger partial charge in [-0.15, -0.1) is 10.2 Å². The van der Waals surface area contributed by atoms with E-state index in [0.29, 0.717) is 18.2 Å². The number of hydrogen-bond donors (Lipinski definition) is 1. The smallest absolute Gasteiger partial charge is 0.205 e. The van der Waals surface area contributed by atoms with Gasteiger partial charge in [0.25, 0.3) is 0 Å². The molecule has 2 fully saturated rings. The number of hydrogen-bond acceptors (Lipinski definition) is 5. The van der Waals surface area contributed by atoms with Gasteiger partial charge in [0, 0.05) is 24.1 Å². The Morgan fingerprint density at radius 1 is 1.22 bits per heavy atom. The Labute approximate surface area is 139 Å². The molecule has 2 aliphatic rings. The van der Waals surface area contributed by atoms with Crippen LogP contribution in [0.3, 0.4) is 0 Å². The summed E-state index contributed by atoms with van der Waals surface area (Å²) >= 11 is 1.66. The molecule has 0 radical (unpaired) electrons. The van der Waals surface area contributed by atoms with Crippen molar-refractivity contribution in [1.82, 2.24) is 15.2 Å². The Balaban J connectivity index is 1.46. The van der Waals surface area contributed by atoms with Gasteiger partial charge in [-0.25, -0.2) is 4.39 Å². The molecule has 4 rings (SSSR count). The number of nitrogens with one attached hydrogen (secondary N) is 1. The summed E-state index contributed by atoms with van der Waals surface area (Å²) in [6.45, 7) is 0.681. The Morgan fingerprint density at radius 2 is 2.04 bits per heavy atom. The van der Waals surface area contributed by atoms with Crippen LogP contribution in [0.1, 0.15) is 61.6 Å². The quantitative estimate of drug-likeness (QED) is 0.888. The van der Waals surface area contributed by atoms with Gasteiger partial charge in [0.15, 0.2) is 0 Å². The van der Waals surface area contributed by atoms with E-state index in [1.807, 2.05) is 0 Å². The molecule has 6 heteroatoms. The third-order valence-corrected chi connectivity index (χ3v) is 6.34. The minimum atomic E-state index is -0.196. The van der Waals surface area contributed by atoms with E-state index in [1.54, 1.807) is 23.6 Å². The second-order valence-electron chi connectivity index (χ2n) is 6.75. The van der Waals surface area contributed by atoms with Crippen LogP contribution in [0.25, 0.3) is 0 Å². The number of aromatic nitrogens is 3. The van der Waals surface area contributed by atoms with Gasteiger partial charge in [-0.2, -0.15) is 0 Å². The number of rotatable bonds is 5. The van der Waals surface area contributed by atoms with E-state index < -0.39 is 0 Å². The highest BCUT2D eigenvalue weighted by Gasteiger charge is 2.42. The van der Waals surface area contributed by atoms with Crippen LogP contribution in [0.5, 0.6) is 0 Å². The summed E-state index contributed by atoms with van der Waals surface area (Å²) in [6.07, 6.45) is 9.83. The van der Waals surface area contributed by atoms with Crippen molar-refractivity contribution in [2.45, 2.75) is 56.3 Å². The molecule has 0 saturated heterocycles.